The molecule has 0 saturated carbocycles. The van der Waals surface area contributed by atoms with E-state index in [1.807, 2.05) is 6.07 Å². The van der Waals surface area contributed by atoms with Gasteiger partial charge in [0.15, 0.2) is 0 Å². The Morgan fingerprint density at radius 1 is 0.526 bits per heavy atom. The lowest BCUT2D eigenvalue weighted by molar-refractivity contribution is 1.09. The van der Waals surface area contributed by atoms with Crippen LogP contribution in [0.15, 0.2) is 79.1 Å². The van der Waals surface area contributed by atoms with Gasteiger partial charge in [0.2, 0.25) is 0 Å². The highest BCUT2D eigenvalue weighted by atomic mass is 14.9. The summed E-state index contributed by atoms with van der Waals surface area (Å²) in [4.78, 5) is 0. The molecule has 4 rings (SSSR count). The van der Waals surface area contributed by atoms with Crippen LogP contribution in [-0.4, -0.2) is 4.57 Å². The standard InChI is InChI=1S/C18H13N/c1-2-7-16(8-3-1)19-12-15-11-10-14-6-4-5-9-17(14)18(15)13-19/h1-13H. The monoisotopic (exact) mass is 243 g/mol. The number of rotatable bonds is 1. The van der Waals surface area contributed by atoms with Gasteiger partial charge in [0.1, 0.15) is 0 Å². The highest BCUT2D eigenvalue weighted by molar-refractivity contribution is 6.07. The van der Waals surface area contributed by atoms with Crippen LogP contribution in [0, 0.1) is 0 Å². The molecule has 0 amide bonds. The Labute approximate surface area is 111 Å². The van der Waals surface area contributed by atoms with Gasteiger partial charge in [-0.2, -0.15) is 0 Å². The van der Waals surface area contributed by atoms with Crippen LogP contribution in [0.4, 0.5) is 0 Å². The molecule has 1 aromatic heterocycles. The van der Waals surface area contributed by atoms with E-state index in [-0.39, 0.29) is 0 Å². The predicted octanol–water partition coefficient (Wildman–Crippen LogP) is 4.78. The van der Waals surface area contributed by atoms with Gasteiger partial charge in [-0.25, -0.2) is 0 Å². The van der Waals surface area contributed by atoms with E-state index in [0.717, 1.165) is 0 Å². The Kier molecular flexibility index (Phi) is 2.18. The average molecular weight is 243 g/mol. The Bertz CT molecular complexity index is 857. The summed E-state index contributed by atoms with van der Waals surface area (Å²) in [6.07, 6.45) is 4.41. The van der Waals surface area contributed by atoms with Gasteiger partial charge in [-0.1, -0.05) is 54.6 Å². The maximum absolute atomic E-state index is 2.22. The van der Waals surface area contributed by atoms with E-state index in [1.165, 1.54) is 27.2 Å². The molecule has 0 aliphatic carbocycles. The molecule has 1 heteroatoms. The second kappa shape index (κ2) is 3.99. The molecule has 90 valence electrons. The molecule has 4 aromatic rings. The van der Waals surface area contributed by atoms with Gasteiger partial charge in [-0.05, 0) is 22.9 Å². The summed E-state index contributed by atoms with van der Waals surface area (Å²) in [7, 11) is 0. The molecule has 0 saturated heterocycles. The van der Waals surface area contributed by atoms with Crippen LogP contribution < -0.4 is 0 Å². The zero-order chi connectivity index (χ0) is 12.7. The molecule has 0 spiro atoms. The third-order valence-electron chi connectivity index (χ3n) is 3.61. The van der Waals surface area contributed by atoms with Crippen molar-refractivity contribution < 1.29 is 0 Å². The smallest absolute Gasteiger partial charge is 0.0449 e. The van der Waals surface area contributed by atoms with E-state index in [1.54, 1.807) is 0 Å². The maximum Gasteiger partial charge on any atom is 0.0449 e. The summed E-state index contributed by atoms with van der Waals surface area (Å²) in [5.74, 6) is 0. The molecule has 0 atom stereocenters. The number of benzene rings is 3. The first-order valence-electron chi connectivity index (χ1n) is 6.47. The minimum absolute atomic E-state index is 1.20. The summed E-state index contributed by atoms with van der Waals surface area (Å²) >= 11 is 0. The second-order valence-corrected chi connectivity index (χ2v) is 4.79. The van der Waals surface area contributed by atoms with E-state index in [9.17, 15) is 0 Å². The molecular formula is C18H13N. The molecule has 0 N–H and O–H groups in total. The van der Waals surface area contributed by atoms with Gasteiger partial charge >= 0.3 is 0 Å². The van der Waals surface area contributed by atoms with Crippen LogP contribution in [-0.2, 0) is 0 Å². The van der Waals surface area contributed by atoms with E-state index in [4.69, 9.17) is 0 Å². The zero-order valence-electron chi connectivity index (χ0n) is 10.5. The number of para-hydroxylation sites is 1. The zero-order valence-corrected chi connectivity index (χ0v) is 10.5. The van der Waals surface area contributed by atoms with Gasteiger partial charge in [0, 0.05) is 28.9 Å². The predicted molar refractivity (Wildman–Crippen MR) is 80.8 cm³/mol. The van der Waals surface area contributed by atoms with Crippen molar-refractivity contribution in [1.29, 1.82) is 0 Å². The molecule has 19 heavy (non-hydrogen) atoms. The SMILES string of the molecule is c1ccc(-n2cc3ccc4ccccc4c3c2)cc1. The van der Waals surface area contributed by atoms with E-state index in [0.29, 0.717) is 0 Å². The molecule has 0 radical (unpaired) electrons. The van der Waals surface area contributed by atoms with Gasteiger partial charge in [0.25, 0.3) is 0 Å². The molecule has 1 heterocycles. The lowest BCUT2D eigenvalue weighted by atomic mass is 10.1. The summed E-state index contributed by atoms with van der Waals surface area (Å²) < 4.78 is 2.19. The fraction of sp³-hybridized carbons (Fsp3) is 0. The molecule has 0 fully saturated rings. The van der Waals surface area contributed by atoms with Crippen LogP contribution in [0.1, 0.15) is 0 Å². The number of aromatic nitrogens is 1. The first kappa shape index (κ1) is 10.4. The molecular weight excluding hydrogens is 230 g/mol. The second-order valence-electron chi connectivity index (χ2n) is 4.79. The lowest BCUT2D eigenvalue weighted by Crippen LogP contribution is -1.87. The summed E-state index contributed by atoms with van der Waals surface area (Å²) in [6.45, 7) is 0. The summed E-state index contributed by atoms with van der Waals surface area (Å²) in [5, 5.41) is 5.19. The van der Waals surface area contributed by atoms with Crippen LogP contribution in [0.3, 0.4) is 0 Å². The van der Waals surface area contributed by atoms with Gasteiger partial charge < -0.3 is 4.57 Å². The normalized spacial score (nSPS) is 11.2. The van der Waals surface area contributed by atoms with Crippen LogP contribution in [0.5, 0.6) is 0 Å². The van der Waals surface area contributed by atoms with Crippen molar-refractivity contribution in [2.45, 2.75) is 0 Å². The van der Waals surface area contributed by atoms with Crippen molar-refractivity contribution in [3.05, 3.63) is 79.1 Å². The van der Waals surface area contributed by atoms with Gasteiger partial charge in [0.05, 0.1) is 0 Å². The van der Waals surface area contributed by atoms with Crippen molar-refractivity contribution in [3.63, 3.8) is 0 Å². The van der Waals surface area contributed by atoms with Crippen LogP contribution in [0.25, 0.3) is 27.2 Å². The average Bonchev–Trinajstić information content (AvgIpc) is 2.93. The quantitative estimate of drug-likeness (QED) is 0.453. The van der Waals surface area contributed by atoms with Crippen LogP contribution in [0.2, 0.25) is 0 Å². The summed E-state index contributed by atoms with van der Waals surface area (Å²) in [5.41, 5.74) is 1.20. The first-order chi connectivity index (χ1) is 9.42. The van der Waals surface area contributed by atoms with Gasteiger partial charge in [-0.15, -0.1) is 0 Å². The number of hydrogen-bond acceptors (Lipinski definition) is 0. The van der Waals surface area contributed by atoms with E-state index < -0.39 is 0 Å². The van der Waals surface area contributed by atoms with Crippen molar-refractivity contribution in [2.24, 2.45) is 0 Å². The third kappa shape index (κ3) is 1.63. The Balaban J connectivity index is 2.04. The first-order valence-corrected chi connectivity index (χ1v) is 6.47. The van der Waals surface area contributed by atoms with Crippen molar-refractivity contribution in [2.75, 3.05) is 0 Å². The minimum atomic E-state index is 1.20. The molecule has 0 bridgehead atoms. The van der Waals surface area contributed by atoms with E-state index in [2.05, 4.69) is 77.6 Å². The molecule has 0 unspecified atom stereocenters. The molecule has 3 aromatic carbocycles. The molecule has 1 nitrogen and oxygen atoms in total. The largest absolute Gasteiger partial charge is 0.323 e. The Morgan fingerprint density at radius 3 is 2.16 bits per heavy atom. The Hall–Kier alpha value is -2.54. The number of fused-ring (bicyclic) bond motifs is 3. The van der Waals surface area contributed by atoms with Crippen LogP contribution >= 0.6 is 0 Å². The highest BCUT2D eigenvalue weighted by Crippen LogP contribution is 2.27. The maximum atomic E-state index is 2.22. The highest BCUT2D eigenvalue weighted by Gasteiger charge is 2.04. The van der Waals surface area contributed by atoms with Crippen molar-refractivity contribution in [3.8, 4) is 5.69 Å². The number of nitrogens with zero attached hydrogens (tertiary/aromatic N) is 1. The number of hydrogen-bond donors (Lipinski definition) is 0. The Morgan fingerprint density at radius 2 is 1.26 bits per heavy atom. The van der Waals surface area contributed by atoms with E-state index >= 15 is 0 Å². The minimum Gasteiger partial charge on any atom is -0.323 e. The van der Waals surface area contributed by atoms with Crippen molar-refractivity contribution in [1.82, 2.24) is 4.57 Å². The fourth-order valence-corrected chi connectivity index (χ4v) is 2.64. The topological polar surface area (TPSA) is 4.93 Å². The molecule has 0 aliphatic heterocycles. The fourth-order valence-electron chi connectivity index (χ4n) is 2.64. The molecule has 0 aliphatic rings. The van der Waals surface area contributed by atoms with Gasteiger partial charge in [-0.3, -0.25) is 0 Å². The lowest BCUT2D eigenvalue weighted by Gasteiger charge is -2.00. The summed E-state index contributed by atoms with van der Waals surface area (Å²) in [6, 6.07) is 23.3. The third-order valence-corrected chi connectivity index (χ3v) is 3.61. The van der Waals surface area contributed by atoms with Crippen molar-refractivity contribution >= 4 is 21.5 Å².